The van der Waals surface area contributed by atoms with Crippen LogP contribution in [0.15, 0.2) is 85.5 Å². The first-order chi connectivity index (χ1) is 14.2. The van der Waals surface area contributed by atoms with Gasteiger partial charge >= 0.3 is 0 Å². The number of aromatic nitrogens is 4. The first-order valence-electron chi connectivity index (χ1n) is 9.18. The predicted molar refractivity (Wildman–Crippen MR) is 108 cm³/mol. The van der Waals surface area contributed by atoms with Gasteiger partial charge < -0.3 is 10.1 Å². The minimum atomic E-state index is -0.630. The lowest BCUT2D eigenvalue weighted by Gasteiger charge is -2.13. The highest BCUT2D eigenvalue weighted by Crippen LogP contribution is 2.13. The fourth-order valence-electron chi connectivity index (χ4n) is 3.06. The second-order valence-corrected chi connectivity index (χ2v) is 6.51. The standard InChI is InChI=1S/C22H19N5O2/c28-15-18(13-17-7-3-1-4-8-17)24-22(29)20-14-23-16-26(20)21-11-12-27(25-21)19-9-5-2-6-10-19/h1-12,14-16,18H,13H2,(H,24,29)/t18-/m0/s1. The molecular weight excluding hydrogens is 366 g/mol. The zero-order valence-corrected chi connectivity index (χ0v) is 15.6. The first kappa shape index (κ1) is 18.4. The number of rotatable bonds is 7. The van der Waals surface area contributed by atoms with E-state index in [1.54, 1.807) is 15.3 Å². The number of hydrogen-bond donors (Lipinski definition) is 1. The molecule has 7 nitrogen and oxygen atoms in total. The Morgan fingerprint density at radius 2 is 1.76 bits per heavy atom. The second-order valence-electron chi connectivity index (χ2n) is 6.51. The first-order valence-corrected chi connectivity index (χ1v) is 9.18. The summed E-state index contributed by atoms with van der Waals surface area (Å²) in [6, 6.07) is 20.4. The van der Waals surface area contributed by atoms with Crippen LogP contribution in [0.2, 0.25) is 0 Å². The van der Waals surface area contributed by atoms with Gasteiger partial charge in [0.15, 0.2) is 5.82 Å². The summed E-state index contributed by atoms with van der Waals surface area (Å²) in [7, 11) is 0. The Bertz CT molecular complexity index is 1100. The highest BCUT2D eigenvalue weighted by atomic mass is 16.2. The topological polar surface area (TPSA) is 81.8 Å². The van der Waals surface area contributed by atoms with Crippen molar-refractivity contribution >= 4 is 12.2 Å². The highest BCUT2D eigenvalue weighted by molar-refractivity contribution is 5.94. The van der Waals surface area contributed by atoms with Crippen molar-refractivity contribution < 1.29 is 9.59 Å². The molecule has 4 aromatic rings. The molecular formula is C22H19N5O2. The summed E-state index contributed by atoms with van der Waals surface area (Å²) in [5.41, 5.74) is 2.19. The van der Waals surface area contributed by atoms with Crippen LogP contribution in [0.3, 0.4) is 0 Å². The molecule has 7 heteroatoms. The van der Waals surface area contributed by atoms with E-state index in [4.69, 9.17) is 0 Å². The van der Waals surface area contributed by atoms with E-state index in [0.29, 0.717) is 17.9 Å². The number of para-hydroxylation sites is 1. The van der Waals surface area contributed by atoms with Crippen molar-refractivity contribution in [2.45, 2.75) is 12.5 Å². The SMILES string of the molecule is O=C[C@H](Cc1ccccc1)NC(=O)c1cncn1-c1ccn(-c2ccccc2)n1. The Hall–Kier alpha value is -4.00. The molecule has 0 aliphatic carbocycles. The lowest BCUT2D eigenvalue weighted by molar-refractivity contribution is -0.109. The van der Waals surface area contributed by atoms with Gasteiger partial charge in [0, 0.05) is 12.3 Å². The molecule has 0 bridgehead atoms. The zero-order valence-electron chi connectivity index (χ0n) is 15.6. The van der Waals surface area contributed by atoms with Crippen LogP contribution >= 0.6 is 0 Å². The van der Waals surface area contributed by atoms with Gasteiger partial charge in [0.25, 0.3) is 5.91 Å². The van der Waals surface area contributed by atoms with Crippen molar-refractivity contribution in [1.29, 1.82) is 0 Å². The quantitative estimate of drug-likeness (QED) is 0.496. The molecule has 0 saturated heterocycles. The molecule has 144 valence electrons. The number of benzene rings is 2. The Morgan fingerprint density at radius 3 is 2.48 bits per heavy atom. The number of carbonyl (C=O) groups excluding carboxylic acids is 2. The number of nitrogens with zero attached hydrogens (tertiary/aromatic N) is 4. The molecule has 2 aromatic carbocycles. The molecule has 1 N–H and O–H groups in total. The minimum absolute atomic E-state index is 0.309. The number of hydrogen-bond acceptors (Lipinski definition) is 4. The molecule has 0 aliphatic rings. The number of imidazole rings is 1. The molecule has 0 unspecified atom stereocenters. The van der Waals surface area contributed by atoms with Gasteiger partial charge in [-0.25, -0.2) is 9.67 Å². The molecule has 0 radical (unpaired) electrons. The zero-order chi connectivity index (χ0) is 20.1. The van der Waals surface area contributed by atoms with E-state index in [2.05, 4.69) is 15.4 Å². The Balaban J connectivity index is 1.52. The highest BCUT2D eigenvalue weighted by Gasteiger charge is 2.18. The van der Waals surface area contributed by atoms with Gasteiger partial charge in [-0.1, -0.05) is 48.5 Å². The monoisotopic (exact) mass is 385 g/mol. The maximum Gasteiger partial charge on any atom is 0.270 e. The van der Waals surface area contributed by atoms with Crippen LogP contribution in [-0.4, -0.2) is 37.6 Å². The van der Waals surface area contributed by atoms with E-state index in [-0.39, 0.29) is 5.91 Å². The summed E-state index contributed by atoms with van der Waals surface area (Å²) in [5, 5.41) is 7.29. The van der Waals surface area contributed by atoms with Crippen molar-refractivity contribution in [3.05, 3.63) is 96.7 Å². The molecule has 0 saturated carbocycles. The molecule has 29 heavy (non-hydrogen) atoms. The van der Waals surface area contributed by atoms with Crippen molar-refractivity contribution in [1.82, 2.24) is 24.6 Å². The molecule has 0 aliphatic heterocycles. The van der Waals surface area contributed by atoms with Crippen molar-refractivity contribution in [3.63, 3.8) is 0 Å². The number of amides is 1. The van der Waals surface area contributed by atoms with Gasteiger partial charge in [-0.2, -0.15) is 0 Å². The average molecular weight is 385 g/mol. The van der Waals surface area contributed by atoms with E-state index < -0.39 is 6.04 Å². The van der Waals surface area contributed by atoms with Gasteiger partial charge in [0.2, 0.25) is 0 Å². The number of carbonyl (C=O) groups is 2. The van der Waals surface area contributed by atoms with E-state index in [1.807, 2.05) is 66.9 Å². The van der Waals surface area contributed by atoms with Crippen LogP contribution < -0.4 is 5.32 Å². The van der Waals surface area contributed by atoms with E-state index in [0.717, 1.165) is 17.5 Å². The summed E-state index contributed by atoms with van der Waals surface area (Å²) in [5.74, 6) is 0.173. The van der Waals surface area contributed by atoms with Crippen LogP contribution in [0.5, 0.6) is 0 Å². The van der Waals surface area contributed by atoms with Crippen LogP contribution in [0.4, 0.5) is 0 Å². The summed E-state index contributed by atoms with van der Waals surface area (Å²) >= 11 is 0. The van der Waals surface area contributed by atoms with E-state index >= 15 is 0 Å². The third-order valence-corrected chi connectivity index (χ3v) is 4.49. The molecule has 4 rings (SSSR count). The second kappa shape index (κ2) is 8.35. The van der Waals surface area contributed by atoms with Crippen LogP contribution in [0.1, 0.15) is 16.1 Å². The molecule has 1 atom stereocenters. The molecule has 0 spiro atoms. The number of nitrogens with one attached hydrogen (secondary N) is 1. The van der Waals surface area contributed by atoms with Crippen molar-refractivity contribution in [2.24, 2.45) is 0 Å². The average Bonchev–Trinajstić information content (AvgIpc) is 3.44. The Labute approximate surface area is 167 Å². The van der Waals surface area contributed by atoms with Crippen LogP contribution in [-0.2, 0) is 11.2 Å². The minimum Gasteiger partial charge on any atom is -0.341 e. The largest absolute Gasteiger partial charge is 0.341 e. The third kappa shape index (κ3) is 4.14. The predicted octanol–water partition coefficient (Wildman–Crippen LogP) is 2.60. The lowest BCUT2D eigenvalue weighted by Crippen LogP contribution is -2.38. The molecule has 1 amide bonds. The van der Waals surface area contributed by atoms with Crippen LogP contribution in [0, 0.1) is 0 Å². The normalized spacial score (nSPS) is 11.7. The van der Waals surface area contributed by atoms with Gasteiger partial charge in [-0.3, -0.25) is 9.36 Å². The number of aldehydes is 1. The Morgan fingerprint density at radius 1 is 1.03 bits per heavy atom. The van der Waals surface area contributed by atoms with Gasteiger partial charge in [0.1, 0.15) is 18.3 Å². The Kier molecular flexibility index (Phi) is 5.29. The molecule has 2 heterocycles. The lowest BCUT2D eigenvalue weighted by atomic mass is 10.1. The fourth-order valence-corrected chi connectivity index (χ4v) is 3.06. The van der Waals surface area contributed by atoms with Crippen molar-refractivity contribution in [2.75, 3.05) is 0 Å². The maximum atomic E-state index is 12.8. The van der Waals surface area contributed by atoms with E-state index in [1.165, 1.54) is 12.5 Å². The third-order valence-electron chi connectivity index (χ3n) is 4.49. The van der Waals surface area contributed by atoms with Crippen molar-refractivity contribution in [3.8, 4) is 11.5 Å². The smallest absolute Gasteiger partial charge is 0.270 e. The fraction of sp³-hybridized carbons (Fsp3) is 0.0909. The van der Waals surface area contributed by atoms with Crippen LogP contribution in [0.25, 0.3) is 11.5 Å². The summed E-state index contributed by atoms with van der Waals surface area (Å²) < 4.78 is 3.32. The maximum absolute atomic E-state index is 12.8. The summed E-state index contributed by atoms with van der Waals surface area (Å²) in [4.78, 5) is 28.3. The molecule has 2 aromatic heterocycles. The van der Waals surface area contributed by atoms with E-state index in [9.17, 15) is 9.59 Å². The summed E-state index contributed by atoms with van der Waals surface area (Å²) in [6.07, 6.45) is 5.97. The van der Waals surface area contributed by atoms with Gasteiger partial charge in [-0.05, 0) is 24.1 Å². The van der Waals surface area contributed by atoms with Gasteiger partial charge in [-0.15, -0.1) is 5.10 Å². The van der Waals surface area contributed by atoms with Gasteiger partial charge in [0.05, 0.1) is 17.9 Å². The summed E-state index contributed by atoms with van der Waals surface area (Å²) in [6.45, 7) is 0. The molecule has 0 fully saturated rings.